The highest BCUT2D eigenvalue weighted by atomic mass is 32.2. The second-order valence-electron chi connectivity index (χ2n) is 5.65. The van der Waals surface area contributed by atoms with E-state index in [0.29, 0.717) is 12.2 Å². The summed E-state index contributed by atoms with van der Waals surface area (Å²) in [6.45, 7) is 4.16. The van der Waals surface area contributed by atoms with Crippen molar-refractivity contribution in [1.82, 2.24) is 14.3 Å². The molecule has 1 aliphatic carbocycles. The van der Waals surface area contributed by atoms with Crippen LogP contribution in [0.1, 0.15) is 51.8 Å². The van der Waals surface area contributed by atoms with E-state index >= 15 is 0 Å². The van der Waals surface area contributed by atoms with Crippen LogP contribution in [0.4, 0.5) is 0 Å². The summed E-state index contributed by atoms with van der Waals surface area (Å²) in [6.07, 6.45) is 7.52. The van der Waals surface area contributed by atoms with E-state index in [1.807, 2.05) is 6.92 Å². The molecule has 2 rings (SSSR count). The molecule has 20 heavy (non-hydrogen) atoms. The van der Waals surface area contributed by atoms with Crippen molar-refractivity contribution in [3.8, 4) is 0 Å². The van der Waals surface area contributed by atoms with Crippen molar-refractivity contribution in [2.24, 2.45) is 5.92 Å². The normalized spacial score (nSPS) is 24.2. The Morgan fingerprint density at radius 2 is 1.95 bits per heavy atom. The Kier molecular flexibility index (Phi) is 4.86. The van der Waals surface area contributed by atoms with Crippen molar-refractivity contribution in [3.05, 3.63) is 12.0 Å². The van der Waals surface area contributed by atoms with Crippen LogP contribution in [-0.4, -0.2) is 35.8 Å². The molecular formula is C14H25N3O2S. The summed E-state index contributed by atoms with van der Waals surface area (Å²) in [5.74, 6) is 1.48. The summed E-state index contributed by atoms with van der Waals surface area (Å²) in [6, 6.07) is 0.121. The highest BCUT2D eigenvalue weighted by Crippen LogP contribution is 2.31. The minimum atomic E-state index is -3.44. The van der Waals surface area contributed by atoms with Crippen molar-refractivity contribution in [2.75, 3.05) is 7.05 Å². The molecule has 1 saturated carbocycles. The molecule has 0 bridgehead atoms. The molecule has 0 saturated heterocycles. The van der Waals surface area contributed by atoms with E-state index in [1.54, 1.807) is 7.05 Å². The average molecular weight is 299 g/mol. The summed E-state index contributed by atoms with van der Waals surface area (Å²) < 4.78 is 26.7. The number of rotatable bonds is 5. The zero-order chi connectivity index (χ0) is 14.8. The highest BCUT2D eigenvalue weighted by Gasteiger charge is 2.32. The van der Waals surface area contributed by atoms with Gasteiger partial charge in [0.2, 0.25) is 0 Å². The number of imidazole rings is 1. The van der Waals surface area contributed by atoms with Crippen LogP contribution < -0.4 is 0 Å². The second-order valence-corrected chi connectivity index (χ2v) is 7.62. The predicted molar refractivity (Wildman–Crippen MR) is 79.0 cm³/mol. The Balaban J connectivity index is 2.09. The molecule has 0 aromatic carbocycles. The number of aryl methyl sites for hydroxylation is 1. The fourth-order valence-electron chi connectivity index (χ4n) is 2.92. The number of aromatic amines is 1. The van der Waals surface area contributed by atoms with Crippen LogP contribution in [0.3, 0.4) is 0 Å². The summed E-state index contributed by atoms with van der Waals surface area (Å²) >= 11 is 0. The SMILES string of the molecule is CCc1ncc(S(=O)(=O)N(C)C2CCC(CC)CC2)[nH]1. The van der Waals surface area contributed by atoms with Crippen LogP contribution >= 0.6 is 0 Å². The molecule has 1 N–H and O–H groups in total. The molecule has 0 atom stereocenters. The maximum atomic E-state index is 12.6. The van der Waals surface area contributed by atoms with Crippen LogP contribution in [-0.2, 0) is 16.4 Å². The van der Waals surface area contributed by atoms with Gasteiger partial charge in [0.1, 0.15) is 5.82 Å². The standard InChI is InChI=1S/C14H25N3O2S/c1-4-11-6-8-12(9-7-11)17(3)20(18,19)14-10-15-13(5-2)16-14/h10-12H,4-9H2,1-3H3,(H,15,16). The molecule has 0 aliphatic heterocycles. The number of hydrogen-bond acceptors (Lipinski definition) is 3. The van der Waals surface area contributed by atoms with Gasteiger partial charge in [0, 0.05) is 19.5 Å². The molecule has 0 spiro atoms. The third kappa shape index (κ3) is 3.06. The van der Waals surface area contributed by atoms with Crippen LogP contribution in [0.15, 0.2) is 11.2 Å². The van der Waals surface area contributed by atoms with E-state index < -0.39 is 10.0 Å². The number of hydrogen-bond donors (Lipinski definition) is 1. The summed E-state index contributed by atoms with van der Waals surface area (Å²) in [7, 11) is -1.74. The molecule has 0 amide bonds. The first-order chi connectivity index (χ1) is 9.48. The molecule has 1 aliphatic rings. The van der Waals surface area contributed by atoms with Gasteiger partial charge in [-0.05, 0) is 31.6 Å². The van der Waals surface area contributed by atoms with Crippen LogP contribution in [0.5, 0.6) is 0 Å². The Morgan fingerprint density at radius 1 is 1.30 bits per heavy atom. The smallest absolute Gasteiger partial charge is 0.260 e. The second kappa shape index (κ2) is 6.26. The minimum Gasteiger partial charge on any atom is -0.332 e. The summed E-state index contributed by atoms with van der Waals surface area (Å²) in [5.41, 5.74) is 0. The van der Waals surface area contributed by atoms with Crippen LogP contribution in [0, 0.1) is 5.92 Å². The molecule has 1 aromatic rings. The lowest BCUT2D eigenvalue weighted by Crippen LogP contribution is -2.39. The molecular weight excluding hydrogens is 274 g/mol. The fraction of sp³-hybridized carbons (Fsp3) is 0.786. The zero-order valence-corrected chi connectivity index (χ0v) is 13.4. The Labute approximate surface area is 121 Å². The zero-order valence-electron chi connectivity index (χ0n) is 12.6. The molecule has 0 unspecified atom stereocenters. The largest absolute Gasteiger partial charge is 0.332 e. The van der Waals surface area contributed by atoms with Gasteiger partial charge in [-0.25, -0.2) is 13.4 Å². The van der Waals surface area contributed by atoms with E-state index in [4.69, 9.17) is 0 Å². The maximum Gasteiger partial charge on any atom is 0.260 e. The third-order valence-corrected chi connectivity index (χ3v) is 6.32. The molecule has 0 radical (unpaired) electrons. The number of aromatic nitrogens is 2. The van der Waals surface area contributed by atoms with Gasteiger partial charge in [-0.1, -0.05) is 20.3 Å². The van der Waals surface area contributed by atoms with Crippen molar-refractivity contribution in [3.63, 3.8) is 0 Å². The lowest BCUT2D eigenvalue weighted by atomic mass is 9.85. The number of sulfonamides is 1. The van der Waals surface area contributed by atoms with Gasteiger partial charge in [-0.2, -0.15) is 4.31 Å². The first-order valence-corrected chi connectivity index (χ1v) is 8.94. The quantitative estimate of drug-likeness (QED) is 0.908. The lowest BCUT2D eigenvalue weighted by Gasteiger charge is -2.33. The van der Waals surface area contributed by atoms with Crippen molar-refractivity contribution in [2.45, 2.75) is 63.4 Å². The van der Waals surface area contributed by atoms with E-state index in [9.17, 15) is 8.42 Å². The number of H-pyrrole nitrogens is 1. The van der Waals surface area contributed by atoms with Gasteiger partial charge in [-0.3, -0.25) is 0 Å². The van der Waals surface area contributed by atoms with E-state index in [-0.39, 0.29) is 11.1 Å². The minimum absolute atomic E-state index is 0.121. The third-order valence-electron chi connectivity index (χ3n) is 4.50. The fourth-order valence-corrected chi connectivity index (χ4v) is 4.27. The van der Waals surface area contributed by atoms with Gasteiger partial charge >= 0.3 is 0 Å². The van der Waals surface area contributed by atoms with Crippen molar-refractivity contribution >= 4 is 10.0 Å². The van der Waals surface area contributed by atoms with E-state index in [2.05, 4.69) is 16.9 Å². The molecule has 1 heterocycles. The van der Waals surface area contributed by atoms with Gasteiger partial charge in [-0.15, -0.1) is 0 Å². The Bertz CT molecular complexity index is 530. The average Bonchev–Trinajstić information content (AvgIpc) is 2.96. The highest BCUT2D eigenvalue weighted by molar-refractivity contribution is 7.89. The van der Waals surface area contributed by atoms with Gasteiger partial charge in [0.25, 0.3) is 10.0 Å². The summed E-state index contributed by atoms with van der Waals surface area (Å²) in [4.78, 5) is 6.99. The van der Waals surface area contributed by atoms with E-state index in [0.717, 1.165) is 31.6 Å². The van der Waals surface area contributed by atoms with Crippen LogP contribution in [0.2, 0.25) is 0 Å². The van der Waals surface area contributed by atoms with Crippen molar-refractivity contribution < 1.29 is 8.42 Å². The molecule has 5 nitrogen and oxygen atoms in total. The molecule has 6 heteroatoms. The Hall–Kier alpha value is -0.880. The van der Waals surface area contributed by atoms with Crippen molar-refractivity contribution in [1.29, 1.82) is 0 Å². The topological polar surface area (TPSA) is 66.1 Å². The maximum absolute atomic E-state index is 12.6. The first kappa shape index (κ1) is 15.5. The molecule has 114 valence electrons. The van der Waals surface area contributed by atoms with Gasteiger partial charge in [0.05, 0.1) is 6.20 Å². The van der Waals surface area contributed by atoms with Gasteiger partial charge in [0.15, 0.2) is 5.03 Å². The monoisotopic (exact) mass is 299 g/mol. The molecule has 1 fully saturated rings. The molecule has 1 aromatic heterocycles. The summed E-state index contributed by atoms with van der Waals surface area (Å²) in [5, 5.41) is 0.217. The predicted octanol–water partition coefficient (Wildman–Crippen LogP) is 2.56. The number of nitrogens with zero attached hydrogens (tertiary/aromatic N) is 2. The van der Waals surface area contributed by atoms with Gasteiger partial charge < -0.3 is 4.98 Å². The number of nitrogens with one attached hydrogen (secondary N) is 1. The first-order valence-electron chi connectivity index (χ1n) is 7.50. The lowest BCUT2D eigenvalue weighted by molar-refractivity contribution is 0.232. The van der Waals surface area contributed by atoms with Crippen LogP contribution in [0.25, 0.3) is 0 Å². The van der Waals surface area contributed by atoms with E-state index in [1.165, 1.54) is 16.9 Å². The Morgan fingerprint density at radius 3 is 2.45 bits per heavy atom.